The Kier molecular flexibility index (Phi) is 6.81. The number of nitrogens with zero attached hydrogens (tertiary/aromatic N) is 2. The Morgan fingerprint density at radius 2 is 0.965 bits per heavy atom. The number of hydrogen-bond acceptors (Lipinski definition) is 4. The highest BCUT2D eigenvalue weighted by Gasteiger charge is 2.52. The summed E-state index contributed by atoms with van der Waals surface area (Å²) < 4.78 is 13.1. The molecule has 0 saturated carbocycles. The average Bonchev–Trinajstić information content (AvgIpc) is 3.81. The van der Waals surface area contributed by atoms with Gasteiger partial charge in [0.2, 0.25) is 0 Å². The Morgan fingerprint density at radius 3 is 1.77 bits per heavy atom. The fraction of sp³-hybridized carbons (Fsp3) is 0.0189. The van der Waals surface area contributed by atoms with Crippen LogP contribution in [0, 0.1) is 0 Å². The lowest BCUT2D eigenvalue weighted by Crippen LogP contribution is -2.32. The molecule has 0 amide bonds. The molecule has 0 atom stereocenters. The first-order valence-electron chi connectivity index (χ1n) is 19.3. The van der Waals surface area contributed by atoms with Gasteiger partial charge < -0.3 is 9.15 Å². The maximum absolute atomic E-state index is 6.61. The van der Waals surface area contributed by atoms with Gasteiger partial charge in [0.25, 0.3) is 0 Å². The SMILES string of the molecule is c1ccc(-c2cc(-c3cccc4c3oc3ccccc34)nc(-c3ccc(-c4cccc5c4C4(c6ccccc6Oc6ccccc64)c4ccccc4-5)cc3)n2)cc1. The maximum Gasteiger partial charge on any atom is 0.160 e. The molecule has 2 aliphatic rings. The van der Waals surface area contributed by atoms with Gasteiger partial charge in [-0.1, -0.05) is 164 Å². The first-order chi connectivity index (χ1) is 28.3. The van der Waals surface area contributed by atoms with Crippen molar-refractivity contribution in [3.8, 4) is 67.7 Å². The van der Waals surface area contributed by atoms with Crippen molar-refractivity contribution in [2.24, 2.45) is 0 Å². The molecule has 0 unspecified atom stereocenters. The molecule has 10 aromatic rings. The Balaban J connectivity index is 1.04. The molecule has 3 heterocycles. The highest BCUT2D eigenvalue weighted by molar-refractivity contribution is 6.09. The molecule has 57 heavy (non-hydrogen) atoms. The minimum Gasteiger partial charge on any atom is -0.457 e. The summed E-state index contributed by atoms with van der Waals surface area (Å²) in [6.45, 7) is 0. The first-order valence-corrected chi connectivity index (χ1v) is 19.3. The normalized spacial score (nSPS) is 13.2. The molecular weight excluding hydrogens is 697 g/mol. The third-order valence-electron chi connectivity index (χ3n) is 11.8. The van der Waals surface area contributed by atoms with Gasteiger partial charge in [0.15, 0.2) is 5.82 Å². The summed E-state index contributed by atoms with van der Waals surface area (Å²) in [4.78, 5) is 10.4. The third-order valence-corrected chi connectivity index (χ3v) is 11.8. The van der Waals surface area contributed by atoms with Crippen LogP contribution < -0.4 is 4.74 Å². The van der Waals surface area contributed by atoms with Crippen LogP contribution in [-0.4, -0.2) is 9.97 Å². The Morgan fingerprint density at radius 1 is 0.386 bits per heavy atom. The zero-order valence-corrected chi connectivity index (χ0v) is 30.7. The monoisotopic (exact) mass is 728 g/mol. The lowest BCUT2D eigenvalue weighted by Gasteiger charge is -2.40. The number of aromatic nitrogens is 2. The molecule has 0 saturated heterocycles. The summed E-state index contributed by atoms with van der Waals surface area (Å²) in [5.74, 6) is 2.42. The van der Waals surface area contributed by atoms with Crippen LogP contribution in [0.3, 0.4) is 0 Å². The lowest BCUT2D eigenvalue weighted by atomic mass is 9.64. The Hall–Kier alpha value is -7.56. The second kappa shape index (κ2) is 12.2. The van der Waals surface area contributed by atoms with E-state index in [0.29, 0.717) is 5.82 Å². The number of benzene rings is 8. The van der Waals surface area contributed by atoms with E-state index < -0.39 is 5.41 Å². The largest absolute Gasteiger partial charge is 0.457 e. The fourth-order valence-corrected chi connectivity index (χ4v) is 9.37. The number of hydrogen-bond donors (Lipinski definition) is 0. The molecule has 0 fully saturated rings. The predicted octanol–water partition coefficient (Wildman–Crippen LogP) is 13.5. The van der Waals surface area contributed by atoms with Gasteiger partial charge >= 0.3 is 0 Å². The highest BCUT2D eigenvalue weighted by atomic mass is 16.5. The van der Waals surface area contributed by atoms with Crippen molar-refractivity contribution in [3.63, 3.8) is 0 Å². The molecule has 1 aliphatic heterocycles. The summed E-state index contributed by atoms with van der Waals surface area (Å²) in [6, 6.07) is 68.2. The topological polar surface area (TPSA) is 48.2 Å². The number of furan rings is 1. The minimum atomic E-state index is -0.563. The zero-order chi connectivity index (χ0) is 37.5. The number of rotatable bonds is 4. The predicted molar refractivity (Wildman–Crippen MR) is 228 cm³/mol. The van der Waals surface area contributed by atoms with Crippen molar-refractivity contribution in [1.29, 1.82) is 0 Å². The van der Waals surface area contributed by atoms with Gasteiger partial charge in [-0.3, -0.25) is 0 Å². The van der Waals surface area contributed by atoms with Crippen molar-refractivity contribution >= 4 is 21.9 Å². The molecule has 8 aromatic carbocycles. The standard InChI is InChI=1S/C53H32N2O2/c1-2-14-34(15-3-1)45-32-46(41-21-13-20-40-38-17-5-9-25-47(38)57-51(40)41)55-52(54-45)35-30-28-33(29-31-35)36-18-12-19-39-37-16-4-6-22-42(37)53(50(36)39)43-23-7-10-26-48(43)56-49-27-11-8-24-44(49)53/h1-32H. The lowest BCUT2D eigenvalue weighted by molar-refractivity contribution is 0.436. The van der Waals surface area contributed by atoms with Crippen LogP contribution in [0.15, 0.2) is 199 Å². The molecule has 0 N–H and O–H groups in total. The summed E-state index contributed by atoms with van der Waals surface area (Å²) in [6.07, 6.45) is 0. The van der Waals surface area contributed by atoms with Gasteiger partial charge in [-0.25, -0.2) is 9.97 Å². The quantitative estimate of drug-likeness (QED) is 0.181. The van der Waals surface area contributed by atoms with E-state index in [1.54, 1.807) is 0 Å². The second-order valence-electron chi connectivity index (χ2n) is 14.8. The summed E-state index contributed by atoms with van der Waals surface area (Å²) in [5, 5.41) is 2.16. The third kappa shape index (κ3) is 4.62. The molecule has 266 valence electrons. The molecule has 1 aliphatic carbocycles. The smallest absolute Gasteiger partial charge is 0.160 e. The van der Waals surface area contributed by atoms with E-state index in [1.165, 1.54) is 27.8 Å². The van der Waals surface area contributed by atoms with E-state index >= 15 is 0 Å². The fourth-order valence-electron chi connectivity index (χ4n) is 9.37. The van der Waals surface area contributed by atoms with Gasteiger partial charge in [0.05, 0.1) is 16.8 Å². The van der Waals surface area contributed by atoms with E-state index in [9.17, 15) is 0 Å². The summed E-state index contributed by atoms with van der Waals surface area (Å²) in [7, 11) is 0. The van der Waals surface area contributed by atoms with Crippen molar-refractivity contribution in [2.45, 2.75) is 5.41 Å². The number of para-hydroxylation sites is 4. The minimum absolute atomic E-state index is 0.563. The number of fused-ring (bicyclic) bond motifs is 12. The maximum atomic E-state index is 6.61. The Labute approximate surface area is 329 Å². The van der Waals surface area contributed by atoms with Gasteiger partial charge in [-0.15, -0.1) is 0 Å². The zero-order valence-electron chi connectivity index (χ0n) is 30.7. The molecule has 4 nitrogen and oxygen atoms in total. The van der Waals surface area contributed by atoms with E-state index in [4.69, 9.17) is 19.1 Å². The molecule has 2 aromatic heterocycles. The van der Waals surface area contributed by atoms with Gasteiger partial charge in [-0.2, -0.15) is 0 Å². The van der Waals surface area contributed by atoms with E-state index in [0.717, 1.165) is 78.2 Å². The Bertz CT molecular complexity index is 3170. The van der Waals surface area contributed by atoms with Crippen LogP contribution >= 0.6 is 0 Å². The molecular formula is C53H32N2O2. The van der Waals surface area contributed by atoms with Gasteiger partial charge in [0, 0.05) is 38.6 Å². The molecule has 0 bridgehead atoms. The van der Waals surface area contributed by atoms with Crippen molar-refractivity contribution < 1.29 is 9.15 Å². The first kappa shape index (κ1) is 31.8. The van der Waals surface area contributed by atoms with Crippen LogP contribution in [0.4, 0.5) is 0 Å². The van der Waals surface area contributed by atoms with Gasteiger partial charge in [-0.05, 0) is 63.7 Å². The van der Waals surface area contributed by atoms with Crippen LogP contribution in [0.5, 0.6) is 11.5 Å². The van der Waals surface area contributed by atoms with Gasteiger partial charge in [0.1, 0.15) is 22.7 Å². The van der Waals surface area contributed by atoms with Crippen molar-refractivity contribution in [2.75, 3.05) is 0 Å². The van der Waals surface area contributed by atoms with E-state index in [1.807, 2.05) is 36.4 Å². The van der Waals surface area contributed by atoms with E-state index in [2.05, 4.69) is 158 Å². The number of ether oxygens (including phenoxy) is 1. The van der Waals surface area contributed by atoms with Crippen LogP contribution in [-0.2, 0) is 5.41 Å². The summed E-state index contributed by atoms with van der Waals surface area (Å²) in [5.41, 5.74) is 15.3. The van der Waals surface area contributed by atoms with Crippen molar-refractivity contribution in [3.05, 3.63) is 216 Å². The summed E-state index contributed by atoms with van der Waals surface area (Å²) >= 11 is 0. The van der Waals surface area contributed by atoms with Crippen LogP contribution in [0.25, 0.3) is 78.1 Å². The second-order valence-corrected chi connectivity index (χ2v) is 14.8. The van der Waals surface area contributed by atoms with E-state index in [-0.39, 0.29) is 0 Å². The molecule has 4 heteroatoms. The van der Waals surface area contributed by atoms with Crippen molar-refractivity contribution in [1.82, 2.24) is 9.97 Å². The molecule has 1 spiro atoms. The molecule has 0 radical (unpaired) electrons. The average molecular weight is 729 g/mol. The highest BCUT2D eigenvalue weighted by Crippen LogP contribution is 2.63. The molecule has 12 rings (SSSR count). The van der Waals surface area contributed by atoms with Crippen LogP contribution in [0.1, 0.15) is 22.3 Å². The van der Waals surface area contributed by atoms with Crippen LogP contribution in [0.2, 0.25) is 0 Å².